The molecule has 0 atom stereocenters. The van der Waals surface area contributed by atoms with Gasteiger partial charge >= 0.3 is 92.9 Å². The number of benzene rings is 8. The Morgan fingerprint density at radius 2 is 0.472 bits per heavy atom. The summed E-state index contributed by atoms with van der Waals surface area (Å²) in [6, 6.07) is 21.1. The predicted molar refractivity (Wildman–Crippen MR) is 318 cm³/mol. The van der Waals surface area contributed by atoms with Crippen LogP contribution >= 0.6 is 0 Å². The van der Waals surface area contributed by atoms with Gasteiger partial charge in [-0.25, -0.2) is 9.97 Å². The molecule has 0 fully saturated rings. The van der Waals surface area contributed by atoms with Gasteiger partial charge in [0.2, 0.25) is 0 Å². The Bertz CT molecular complexity index is 4960. The normalized spacial score (nSPS) is 13.6. The Kier molecular flexibility index (Phi) is 18.3. The van der Waals surface area contributed by atoms with Crippen LogP contribution in [0.5, 0.6) is 23.0 Å². The summed E-state index contributed by atoms with van der Waals surface area (Å²) in [4.78, 5) is 33.9. The molecule has 8 aromatic carbocycles. The average molecular weight is 1550 g/mol. The van der Waals surface area contributed by atoms with Crippen LogP contribution in [0.2, 0.25) is 0 Å². The first-order chi connectivity index (χ1) is 49.6. The van der Waals surface area contributed by atoms with Gasteiger partial charge in [-0.3, -0.25) is 0 Å². The van der Waals surface area contributed by atoms with Gasteiger partial charge < -0.3 is 48.9 Å². The molecule has 13 rings (SSSR count). The molecular formula is C68H32F24N8O5V. The molecule has 0 saturated heterocycles. The summed E-state index contributed by atoms with van der Waals surface area (Å²) < 4.78 is 406. The van der Waals surface area contributed by atoms with E-state index in [-0.39, 0.29) is 0 Å². The molecule has 5 heterocycles. The molecule has 8 bridgehead atoms. The summed E-state index contributed by atoms with van der Waals surface area (Å²) in [6.07, 6.45) is -52.2. The molecule has 0 aliphatic carbocycles. The van der Waals surface area contributed by atoms with E-state index in [4.69, 9.17) is 22.6 Å². The predicted octanol–water partition coefficient (Wildman–Crippen LogP) is 19.6. The molecule has 0 spiro atoms. The van der Waals surface area contributed by atoms with Gasteiger partial charge in [0.25, 0.3) is 0 Å². The number of hydrogen-bond donors (Lipinski definition) is 0. The van der Waals surface area contributed by atoms with Crippen LogP contribution in [0, 0.1) is 0 Å². The second-order valence-corrected chi connectivity index (χ2v) is 22.8. The van der Waals surface area contributed by atoms with Crippen molar-refractivity contribution >= 4 is 44.1 Å². The van der Waals surface area contributed by atoms with E-state index in [1.807, 2.05) is 0 Å². The van der Waals surface area contributed by atoms with Crippen molar-refractivity contribution in [1.29, 1.82) is 0 Å². The molecule has 0 N–H and O–H groups in total. The number of rotatable bonds is 12. The van der Waals surface area contributed by atoms with Crippen molar-refractivity contribution in [3.05, 3.63) is 216 Å². The third-order valence-electron chi connectivity index (χ3n) is 16.6. The maximum atomic E-state index is 15.7. The van der Waals surface area contributed by atoms with Gasteiger partial charge in [0.05, 0.1) is 34.4 Å². The molecule has 38 heteroatoms. The fourth-order valence-electron chi connectivity index (χ4n) is 12.1. The summed E-state index contributed by atoms with van der Waals surface area (Å²) in [5, 5.41) is -3.90. The van der Waals surface area contributed by atoms with Crippen LogP contribution in [-0.2, 0) is 43.4 Å². The van der Waals surface area contributed by atoms with Gasteiger partial charge in [0, 0.05) is 66.7 Å². The number of aromatic nitrogens is 8. The van der Waals surface area contributed by atoms with Crippen molar-refractivity contribution in [3.8, 4) is 68.5 Å². The number of ether oxygens (including phenoxy) is 4. The van der Waals surface area contributed by atoms with E-state index in [0.29, 0.717) is 97.1 Å². The first-order valence-corrected chi connectivity index (χ1v) is 30.1. The zero-order chi connectivity index (χ0) is 77.0. The minimum absolute atomic E-state index is 0.362. The van der Waals surface area contributed by atoms with Crippen molar-refractivity contribution in [1.82, 2.24) is 39.9 Å². The second kappa shape index (κ2) is 26.0. The van der Waals surface area contributed by atoms with Crippen LogP contribution in [0.3, 0.4) is 0 Å². The summed E-state index contributed by atoms with van der Waals surface area (Å²) in [5.74, 6) is -10.7. The van der Waals surface area contributed by atoms with E-state index < -0.39 is 207 Å². The van der Waals surface area contributed by atoms with Gasteiger partial charge in [0.15, 0.2) is 0 Å². The average Bonchev–Trinajstić information content (AvgIpc) is 0.881. The van der Waals surface area contributed by atoms with E-state index in [1.165, 1.54) is 0 Å². The maximum absolute atomic E-state index is 15.7. The Hall–Kier alpha value is -11.0. The van der Waals surface area contributed by atoms with Gasteiger partial charge in [-0.05, 0) is 35.0 Å². The van der Waals surface area contributed by atoms with Crippen LogP contribution < -0.4 is 28.9 Å². The molecule has 13 nitrogen and oxygen atoms in total. The number of halogens is 24. The van der Waals surface area contributed by atoms with Crippen molar-refractivity contribution in [2.24, 2.45) is 0 Å². The molecule has 11 aromatic rings. The first kappa shape index (κ1) is 74.7. The SMILES string of the molecule is FC(F)(F)C(Oc1cccc2c1-c1nc-2nc2[n-]c(nc3nc(nc4[n-]c(n1)c1cccc(OC(c5ccccc5)(C(F)(F)F)C(F)(F)F)c41)-c1cccc(OC(c4ccccc4)(C(F)(F)F)C(F)(F)F)c1-3)c1cccc(OC(c3ccccc3)(C(F)(F)F)C(F)(F)F)c21)(c1ccccc1)C(F)(F)F.[O]=[V+2]. The third kappa shape index (κ3) is 11.9. The van der Waals surface area contributed by atoms with Crippen molar-refractivity contribution in [3.63, 3.8) is 0 Å². The van der Waals surface area contributed by atoms with Crippen LogP contribution in [0.25, 0.3) is 89.7 Å². The number of hydrogen-bond acceptors (Lipinski definition) is 11. The number of nitrogens with zero attached hydrogens (tertiary/aromatic N) is 8. The second-order valence-electron chi connectivity index (χ2n) is 22.8. The van der Waals surface area contributed by atoms with Crippen molar-refractivity contribution in [2.45, 2.75) is 71.8 Å². The Labute approximate surface area is 584 Å². The van der Waals surface area contributed by atoms with Crippen molar-refractivity contribution in [2.75, 3.05) is 0 Å². The number of alkyl halides is 24. The fourth-order valence-corrected chi connectivity index (χ4v) is 12.1. The minimum atomic E-state index is -6.52. The zero-order valence-corrected chi connectivity index (χ0v) is 53.0. The zero-order valence-electron chi connectivity index (χ0n) is 51.6. The Balaban J connectivity index is 0.00000522. The van der Waals surface area contributed by atoms with Crippen molar-refractivity contribution < 1.29 is 145 Å². The summed E-state index contributed by atoms with van der Waals surface area (Å²) in [6.45, 7) is 0. The molecular weight excluding hydrogens is 1520 g/mol. The van der Waals surface area contributed by atoms with E-state index in [1.54, 1.807) is 0 Å². The Morgan fingerprint density at radius 1 is 0.245 bits per heavy atom. The van der Waals surface area contributed by atoms with Crippen LogP contribution in [0.1, 0.15) is 22.3 Å². The standard InChI is InChI=1S/C68H32F24N8O4.O.V/c69-61(70,71)57(62(72,73)74,33-17-5-1-6-18-33)101-41-29-13-25-37-45(41)53-93-49(37)98-54-47-39(27-15-31-43(47)103-59(65(81,82)83,66(84,85)86)35-21-9-3-10-22-35)51(95-54)100-56-48-40(28-16-32-44(48)104-60(67(87,88)89,68(90,91)92)36-23-11-4-12-24-36)52(96-56)99-55-46-38(50(94-55)97-53)26-14-30-42(46)102-58(63(75,76)77,64(78,79)80)34-19-7-2-8-20-34;;/h1-32H;;/q-2;;+2. The van der Waals surface area contributed by atoms with Crippen LogP contribution in [-0.4, -0.2) is 79.3 Å². The quantitative estimate of drug-likeness (QED) is 0.106. The monoisotopic (exact) mass is 1550 g/mol. The molecule has 2 aliphatic heterocycles. The molecule has 3 aromatic heterocycles. The van der Waals surface area contributed by atoms with E-state index in [2.05, 4.69) is 39.9 Å². The molecule has 0 radical (unpaired) electrons. The molecule has 0 saturated carbocycles. The molecule has 106 heavy (non-hydrogen) atoms. The Morgan fingerprint density at radius 3 is 0.726 bits per heavy atom. The summed E-state index contributed by atoms with van der Waals surface area (Å²) >= 11 is 1.06. The summed E-state index contributed by atoms with van der Waals surface area (Å²) in [7, 11) is 0. The molecule has 547 valence electrons. The van der Waals surface area contributed by atoms with Gasteiger partial charge in [-0.15, -0.1) is 0 Å². The molecule has 2 aliphatic rings. The third-order valence-corrected chi connectivity index (χ3v) is 16.6. The molecule has 0 amide bonds. The first-order valence-electron chi connectivity index (χ1n) is 29.5. The van der Waals surface area contributed by atoms with Crippen LogP contribution in [0.4, 0.5) is 105 Å². The van der Waals surface area contributed by atoms with E-state index >= 15 is 105 Å². The van der Waals surface area contributed by atoms with E-state index in [9.17, 15) is 0 Å². The van der Waals surface area contributed by atoms with Crippen LogP contribution in [0.15, 0.2) is 194 Å². The van der Waals surface area contributed by atoms with Gasteiger partial charge in [-0.2, -0.15) is 105 Å². The van der Waals surface area contributed by atoms with E-state index in [0.717, 1.165) is 114 Å². The van der Waals surface area contributed by atoms with Gasteiger partial charge in [0.1, 0.15) is 23.0 Å². The molecule has 0 unspecified atom stereocenters. The van der Waals surface area contributed by atoms with Gasteiger partial charge in [-0.1, -0.05) is 170 Å². The summed E-state index contributed by atoms with van der Waals surface area (Å²) in [5.41, 5.74) is -36.7. The fraction of sp³-hybridized carbons (Fsp3) is 0.176. The topological polar surface area (TPSA) is 160 Å². The number of fused-ring (bicyclic) bond motifs is 20.